The number of likely N-dealkylation sites (N-methyl/N-ethyl adjacent to an activating group) is 1. The molecule has 1 aromatic heterocycles. The Morgan fingerprint density at radius 2 is 2.50 bits per heavy atom. The van der Waals surface area contributed by atoms with Gasteiger partial charge < -0.3 is 4.90 Å². The third kappa shape index (κ3) is 1.14. The van der Waals surface area contributed by atoms with Crippen LogP contribution in [0.5, 0.6) is 0 Å². The Hall–Kier alpha value is -1.89. The highest BCUT2D eigenvalue weighted by Crippen LogP contribution is 2.26. The van der Waals surface area contributed by atoms with Crippen LogP contribution in [0.15, 0.2) is 6.07 Å². The maximum absolute atomic E-state index is 10.6. The lowest BCUT2D eigenvalue weighted by Gasteiger charge is -2.11. The highest BCUT2D eigenvalue weighted by molar-refractivity contribution is 5.78. The Morgan fingerprint density at radius 1 is 1.71 bits per heavy atom. The first-order chi connectivity index (χ1) is 6.76. The van der Waals surface area contributed by atoms with Crippen molar-refractivity contribution in [1.82, 2.24) is 4.98 Å². The number of carbonyl (C=O) groups is 1. The molecule has 1 aromatic rings. The van der Waals surface area contributed by atoms with Gasteiger partial charge >= 0.3 is 0 Å². The number of hydrogen-bond donors (Lipinski definition) is 0. The third-order valence-corrected chi connectivity index (χ3v) is 2.44. The van der Waals surface area contributed by atoms with Crippen LogP contribution >= 0.6 is 0 Å². The maximum atomic E-state index is 10.6. The van der Waals surface area contributed by atoms with Gasteiger partial charge in [-0.15, -0.1) is 0 Å². The van der Waals surface area contributed by atoms with Gasteiger partial charge in [0.05, 0.1) is 16.9 Å². The largest absolute Gasteiger partial charge is 0.373 e. The molecule has 0 aliphatic carbocycles. The minimum absolute atomic E-state index is 0.251. The van der Waals surface area contributed by atoms with E-state index in [-0.39, 0.29) is 5.69 Å². The molecule has 0 saturated carbocycles. The van der Waals surface area contributed by atoms with Crippen molar-refractivity contribution >= 4 is 12.0 Å². The SMILES string of the molecule is CN1CCc2nc(C=O)c(C#N)cc21. The molecule has 0 unspecified atom stereocenters. The highest BCUT2D eigenvalue weighted by Gasteiger charge is 2.19. The van der Waals surface area contributed by atoms with Crippen LogP contribution in [0.3, 0.4) is 0 Å². The standard InChI is InChI=1S/C10H9N3O/c1-13-3-2-8-10(13)4-7(5-11)9(6-14)12-8/h4,6H,2-3H2,1H3. The van der Waals surface area contributed by atoms with Crippen molar-refractivity contribution in [3.63, 3.8) is 0 Å². The fraction of sp³-hybridized carbons (Fsp3) is 0.300. The average molecular weight is 187 g/mol. The van der Waals surface area contributed by atoms with Crippen molar-refractivity contribution in [1.29, 1.82) is 5.26 Å². The van der Waals surface area contributed by atoms with Crippen LogP contribution in [0.4, 0.5) is 5.69 Å². The van der Waals surface area contributed by atoms with E-state index in [4.69, 9.17) is 5.26 Å². The zero-order valence-corrected chi connectivity index (χ0v) is 7.82. The molecule has 0 fully saturated rings. The summed E-state index contributed by atoms with van der Waals surface area (Å²) in [5.41, 5.74) is 2.48. The predicted molar refractivity (Wildman–Crippen MR) is 51.3 cm³/mol. The maximum Gasteiger partial charge on any atom is 0.169 e. The van der Waals surface area contributed by atoms with Crippen molar-refractivity contribution in [2.45, 2.75) is 6.42 Å². The van der Waals surface area contributed by atoms with Crippen molar-refractivity contribution in [3.05, 3.63) is 23.0 Å². The number of aldehydes is 1. The van der Waals surface area contributed by atoms with Crippen LogP contribution in [0, 0.1) is 11.3 Å². The molecule has 1 aliphatic heterocycles. The van der Waals surface area contributed by atoms with E-state index in [1.807, 2.05) is 18.0 Å². The smallest absolute Gasteiger partial charge is 0.169 e. The van der Waals surface area contributed by atoms with Crippen molar-refractivity contribution in [3.8, 4) is 6.07 Å². The summed E-state index contributed by atoms with van der Waals surface area (Å²) >= 11 is 0. The lowest BCUT2D eigenvalue weighted by molar-refractivity contribution is 0.111. The normalized spacial score (nSPS) is 13.6. The molecular weight excluding hydrogens is 178 g/mol. The van der Waals surface area contributed by atoms with Crippen molar-refractivity contribution in [2.75, 3.05) is 18.5 Å². The van der Waals surface area contributed by atoms with Crippen molar-refractivity contribution in [2.24, 2.45) is 0 Å². The molecule has 0 saturated heterocycles. The van der Waals surface area contributed by atoms with Gasteiger partial charge in [-0.05, 0) is 6.07 Å². The summed E-state index contributed by atoms with van der Waals surface area (Å²) in [6, 6.07) is 3.71. The molecule has 0 atom stereocenters. The fourth-order valence-electron chi connectivity index (χ4n) is 1.64. The van der Waals surface area contributed by atoms with E-state index >= 15 is 0 Å². The summed E-state index contributed by atoms with van der Waals surface area (Å²) in [7, 11) is 1.95. The lowest BCUT2D eigenvalue weighted by atomic mass is 10.1. The number of aromatic nitrogens is 1. The number of fused-ring (bicyclic) bond motifs is 1. The molecule has 1 aliphatic rings. The molecule has 0 amide bonds. The van der Waals surface area contributed by atoms with E-state index < -0.39 is 0 Å². The van der Waals surface area contributed by atoms with Gasteiger partial charge in [0.1, 0.15) is 11.8 Å². The molecule has 14 heavy (non-hydrogen) atoms. The lowest BCUT2D eigenvalue weighted by Crippen LogP contribution is -2.12. The summed E-state index contributed by atoms with van der Waals surface area (Å²) in [5.74, 6) is 0. The molecule has 0 bridgehead atoms. The fourth-order valence-corrected chi connectivity index (χ4v) is 1.64. The van der Waals surface area contributed by atoms with Gasteiger partial charge in [0, 0.05) is 20.0 Å². The number of anilines is 1. The first-order valence-electron chi connectivity index (χ1n) is 4.36. The molecule has 2 rings (SSSR count). The molecule has 0 spiro atoms. The van der Waals surface area contributed by atoms with E-state index in [1.54, 1.807) is 6.07 Å². The summed E-state index contributed by atoms with van der Waals surface area (Å²) in [4.78, 5) is 16.8. The number of carbonyl (C=O) groups excluding carboxylic acids is 1. The van der Waals surface area contributed by atoms with Crippen LogP contribution in [0.1, 0.15) is 21.7 Å². The van der Waals surface area contributed by atoms with E-state index in [2.05, 4.69) is 4.98 Å². The summed E-state index contributed by atoms with van der Waals surface area (Å²) < 4.78 is 0. The van der Waals surface area contributed by atoms with Gasteiger partial charge in [0.2, 0.25) is 0 Å². The Morgan fingerprint density at radius 3 is 3.14 bits per heavy atom. The molecular formula is C10H9N3O. The molecule has 0 aromatic carbocycles. The van der Waals surface area contributed by atoms with Gasteiger partial charge in [0.25, 0.3) is 0 Å². The van der Waals surface area contributed by atoms with E-state index in [9.17, 15) is 4.79 Å². The quantitative estimate of drug-likeness (QED) is 0.609. The van der Waals surface area contributed by atoms with Crippen LogP contribution < -0.4 is 4.90 Å². The van der Waals surface area contributed by atoms with Crippen LogP contribution in [-0.4, -0.2) is 24.9 Å². The molecule has 0 radical (unpaired) electrons. The number of hydrogen-bond acceptors (Lipinski definition) is 4. The van der Waals surface area contributed by atoms with E-state index in [1.165, 1.54) is 0 Å². The minimum Gasteiger partial charge on any atom is -0.373 e. The Kier molecular flexibility index (Phi) is 1.93. The number of pyridine rings is 1. The van der Waals surface area contributed by atoms with Crippen LogP contribution in [0.25, 0.3) is 0 Å². The number of nitrogens with zero attached hydrogens (tertiary/aromatic N) is 3. The van der Waals surface area contributed by atoms with E-state index in [0.717, 1.165) is 24.3 Å². The third-order valence-electron chi connectivity index (χ3n) is 2.44. The second-order valence-corrected chi connectivity index (χ2v) is 3.29. The Bertz CT molecular complexity index is 434. The second kappa shape index (κ2) is 3.11. The highest BCUT2D eigenvalue weighted by atomic mass is 16.1. The molecule has 70 valence electrons. The summed E-state index contributed by atoms with van der Waals surface area (Å²) in [6.07, 6.45) is 1.48. The average Bonchev–Trinajstić information content (AvgIpc) is 2.58. The molecule has 2 heterocycles. The second-order valence-electron chi connectivity index (χ2n) is 3.29. The zero-order chi connectivity index (χ0) is 10.1. The van der Waals surface area contributed by atoms with Gasteiger partial charge in [-0.3, -0.25) is 4.79 Å². The number of rotatable bonds is 1. The first kappa shape index (κ1) is 8.70. The first-order valence-corrected chi connectivity index (χ1v) is 4.36. The monoisotopic (exact) mass is 187 g/mol. The molecule has 0 N–H and O–H groups in total. The van der Waals surface area contributed by atoms with Crippen molar-refractivity contribution < 1.29 is 4.79 Å². The molecule has 4 nitrogen and oxygen atoms in total. The Labute approximate surface area is 81.8 Å². The predicted octanol–water partition coefficient (Wildman–Crippen LogP) is 0.758. The van der Waals surface area contributed by atoms with Gasteiger partial charge in [-0.25, -0.2) is 4.98 Å². The summed E-state index contributed by atoms with van der Waals surface area (Å²) in [6.45, 7) is 0.898. The zero-order valence-electron chi connectivity index (χ0n) is 7.82. The summed E-state index contributed by atoms with van der Waals surface area (Å²) in [5, 5.41) is 8.80. The van der Waals surface area contributed by atoms with E-state index in [0.29, 0.717) is 11.8 Å². The van der Waals surface area contributed by atoms with Gasteiger partial charge in [-0.2, -0.15) is 5.26 Å². The van der Waals surface area contributed by atoms with Gasteiger partial charge in [0.15, 0.2) is 6.29 Å². The van der Waals surface area contributed by atoms with Crippen LogP contribution in [-0.2, 0) is 6.42 Å². The Balaban J connectivity index is 2.61. The number of nitriles is 1. The minimum atomic E-state index is 0.251. The topological polar surface area (TPSA) is 57.0 Å². The van der Waals surface area contributed by atoms with Gasteiger partial charge in [-0.1, -0.05) is 0 Å². The molecule has 4 heteroatoms. The van der Waals surface area contributed by atoms with Crippen LogP contribution in [0.2, 0.25) is 0 Å².